The molecule has 9 nitrogen and oxygen atoms in total. The molecule has 2 aliphatic rings. The van der Waals surface area contributed by atoms with E-state index in [1.54, 1.807) is 13.0 Å². The Kier molecular flexibility index (Phi) is 5.66. The van der Waals surface area contributed by atoms with Gasteiger partial charge in [-0.3, -0.25) is 4.79 Å². The van der Waals surface area contributed by atoms with Crippen LogP contribution < -0.4 is 15.0 Å². The van der Waals surface area contributed by atoms with Gasteiger partial charge in [0, 0.05) is 32.0 Å². The predicted molar refractivity (Wildman–Crippen MR) is 105 cm³/mol. The number of aryl methyl sites for hydroxylation is 1. The fourth-order valence-corrected chi connectivity index (χ4v) is 3.47. The van der Waals surface area contributed by atoms with Crippen molar-refractivity contribution in [2.24, 2.45) is 5.92 Å². The first-order valence-electron chi connectivity index (χ1n) is 10.2. The number of aliphatic hydroxyl groups is 1. The van der Waals surface area contributed by atoms with Crippen LogP contribution in [0.1, 0.15) is 54.8 Å². The minimum Gasteiger partial charge on any atom is -0.477 e. The van der Waals surface area contributed by atoms with E-state index in [9.17, 15) is 9.90 Å². The molecule has 0 spiro atoms. The molecule has 1 saturated carbocycles. The van der Waals surface area contributed by atoms with Crippen LogP contribution in [-0.2, 0) is 6.42 Å². The monoisotopic (exact) mass is 401 g/mol. The second-order valence-electron chi connectivity index (χ2n) is 7.90. The summed E-state index contributed by atoms with van der Waals surface area (Å²) in [5, 5.41) is 17.1. The Morgan fingerprint density at radius 3 is 2.86 bits per heavy atom. The molecule has 156 valence electrons. The Hall–Kier alpha value is -2.68. The van der Waals surface area contributed by atoms with Crippen molar-refractivity contribution in [1.29, 1.82) is 0 Å². The summed E-state index contributed by atoms with van der Waals surface area (Å²) in [4.78, 5) is 23.5. The van der Waals surface area contributed by atoms with Crippen LogP contribution in [0.2, 0.25) is 0 Å². The standard InChI is InChI=1S/C20H27N5O4/c1-12(10-16-22-13(2)29-24-16)21-20(27)19-15(25-9-3-4-18(25)26)7-8-17(23-19)28-11-14-5-6-14/h7-8,12,14,18,26H,3-6,9-11H2,1-2H3,(H,21,27)/t12?,18-/m0/s1. The van der Waals surface area contributed by atoms with Crippen molar-refractivity contribution in [3.05, 3.63) is 29.5 Å². The molecule has 4 rings (SSSR count). The second kappa shape index (κ2) is 8.36. The van der Waals surface area contributed by atoms with Gasteiger partial charge in [0.2, 0.25) is 11.8 Å². The summed E-state index contributed by atoms with van der Waals surface area (Å²) < 4.78 is 10.7. The molecule has 2 aromatic rings. The van der Waals surface area contributed by atoms with Gasteiger partial charge in [0.05, 0.1) is 12.3 Å². The summed E-state index contributed by atoms with van der Waals surface area (Å²) in [5.41, 5.74) is 0.879. The Morgan fingerprint density at radius 1 is 1.38 bits per heavy atom. The van der Waals surface area contributed by atoms with Crippen molar-refractivity contribution in [3.8, 4) is 5.88 Å². The molecular weight excluding hydrogens is 374 g/mol. The number of hydrogen-bond donors (Lipinski definition) is 2. The van der Waals surface area contributed by atoms with Crippen molar-refractivity contribution < 1.29 is 19.2 Å². The minimum absolute atomic E-state index is 0.214. The Labute approximate surface area is 169 Å². The Bertz CT molecular complexity index is 866. The highest BCUT2D eigenvalue weighted by atomic mass is 16.5. The summed E-state index contributed by atoms with van der Waals surface area (Å²) in [5.74, 6) is 1.74. The summed E-state index contributed by atoms with van der Waals surface area (Å²) in [6, 6.07) is 3.37. The van der Waals surface area contributed by atoms with Gasteiger partial charge in [0.15, 0.2) is 11.5 Å². The maximum atomic E-state index is 13.0. The molecule has 0 radical (unpaired) electrons. The van der Waals surface area contributed by atoms with Crippen molar-refractivity contribution in [3.63, 3.8) is 0 Å². The molecule has 1 unspecified atom stereocenters. The number of anilines is 1. The molecule has 3 heterocycles. The third kappa shape index (κ3) is 4.84. The maximum Gasteiger partial charge on any atom is 0.272 e. The second-order valence-corrected chi connectivity index (χ2v) is 7.90. The van der Waals surface area contributed by atoms with Gasteiger partial charge in [-0.15, -0.1) is 0 Å². The van der Waals surface area contributed by atoms with Crippen LogP contribution in [0, 0.1) is 12.8 Å². The average molecular weight is 401 g/mol. The predicted octanol–water partition coefficient (Wildman–Crippen LogP) is 1.84. The van der Waals surface area contributed by atoms with E-state index in [1.165, 1.54) is 12.8 Å². The lowest BCUT2D eigenvalue weighted by atomic mass is 10.2. The van der Waals surface area contributed by atoms with Crippen molar-refractivity contribution >= 4 is 11.6 Å². The minimum atomic E-state index is -0.610. The lowest BCUT2D eigenvalue weighted by molar-refractivity contribution is 0.0933. The first kappa shape index (κ1) is 19.6. The number of amides is 1. The Morgan fingerprint density at radius 2 is 2.21 bits per heavy atom. The molecule has 2 fully saturated rings. The number of aromatic nitrogens is 3. The Balaban J connectivity index is 1.51. The van der Waals surface area contributed by atoms with Gasteiger partial charge in [-0.2, -0.15) is 4.98 Å². The number of hydrogen-bond acceptors (Lipinski definition) is 8. The highest BCUT2D eigenvalue weighted by Gasteiger charge is 2.29. The van der Waals surface area contributed by atoms with E-state index < -0.39 is 6.23 Å². The SMILES string of the molecule is Cc1nc(CC(C)NC(=O)c2nc(OCC3CC3)ccc2N2CCC[C@@H]2O)no1. The van der Waals surface area contributed by atoms with Crippen LogP contribution >= 0.6 is 0 Å². The zero-order chi connectivity index (χ0) is 20.4. The molecular formula is C20H27N5O4. The molecule has 1 aliphatic carbocycles. The van der Waals surface area contributed by atoms with Crippen LogP contribution in [-0.4, -0.2) is 51.6 Å². The van der Waals surface area contributed by atoms with Crippen molar-refractivity contribution in [1.82, 2.24) is 20.4 Å². The van der Waals surface area contributed by atoms with Gasteiger partial charge in [0.1, 0.15) is 6.23 Å². The summed E-state index contributed by atoms with van der Waals surface area (Å²) >= 11 is 0. The molecule has 2 atom stereocenters. The first-order valence-corrected chi connectivity index (χ1v) is 10.2. The third-order valence-corrected chi connectivity index (χ3v) is 5.19. The molecule has 0 bridgehead atoms. The van der Waals surface area contributed by atoms with Gasteiger partial charge < -0.3 is 24.6 Å². The van der Waals surface area contributed by atoms with Crippen LogP contribution in [0.5, 0.6) is 5.88 Å². The first-order chi connectivity index (χ1) is 14.0. The average Bonchev–Trinajstić information content (AvgIpc) is 3.30. The van der Waals surface area contributed by atoms with Gasteiger partial charge in [-0.1, -0.05) is 5.16 Å². The highest BCUT2D eigenvalue weighted by Crippen LogP contribution is 2.31. The lowest BCUT2D eigenvalue weighted by Crippen LogP contribution is -2.37. The van der Waals surface area contributed by atoms with E-state index in [2.05, 4.69) is 20.4 Å². The smallest absolute Gasteiger partial charge is 0.272 e. The number of carbonyl (C=O) groups excluding carboxylic acids is 1. The number of pyridine rings is 1. The molecule has 0 aromatic carbocycles. The molecule has 2 N–H and O–H groups in total. The molecule has 1 saturated heterocycles. The number of nitrogens with zero attached hydrogens (tertiary/aromatic N) is 4. The quantitative estimate of drug-likeness (QED) is 0.689. The third-order valence-electron chi connectivity index (χ3n) is 5.19. The number of nitrogens with one attached hydrogen (secondary N) is 1. The molecule has 29 heavy (non-hydrogen) atoms. The largest absolute Gasteiger partial charge is 0.477 e. The summed E-state index contributed by atoms with van der Waals surface area (Å²) in [6.45, 7) is 4.91. The number of aliphatic hydroxyl groups excluding tert-OH is 1. The maximum absolute atomic E-state index is 13.0. The van der Waals surface area contributed by atoms with Crippen molar-refractivity contribution in [2.45, 2.75) is 58.2 Å². The topological polar surface area (TPSA) is 114 Å². The molecule has 1 aliphatic heterocycles. The van der Waals surface area contributed by atoms with E-state index in [4.69, 9.17) is 9.26 Å². The number of ether oxygens (including phenoxy) is 1. The van der Waals surface area contributed by atoms with Gasteiger partial charge in [-0.05, 0) is 44.6 Å². The van der Waals surface area contributed by atoms with Crippen LogP contribution in [0.25, 0.3) is 0 Å². The number of rotatable bonds is 8. The van der Waals surface area contributed by atoms with Gasteiger partial charge in [0.25, 0.3) is 5.91 Å². The normalized spacial score (nSPS) is 20.0. The molecule has 2 aromatic heterocycles. The van der Waals surface area contributed by atoms with Gasteiger partial charge >= 0.3 is 0 Å². The van der Waals surface area contributed by atoms with E-state index in [0.717, 1.165) is 6.42 Å². The van der Waals surface area contributed by atoms with Crippen LogP contribution in [0.4, 0.5) is 5.69 Å². The highest BCUT2D eigenvalue weighted by molar-refractivity contribution is 5.98. The number of carbonyl (C=O) groups is 1. The van der Waals surface area contributed by atoms with E-state index in [1.807, 2.05) is 17.9 Å². The van der Waals surface area contributed by atoms with E-state index in [-0.39, 0.29) is 17.6 Å². The van der Waals surface area contributed by atoms with Crippen LogP contribution in [0.15, 0.2) is 16.7 Å². The van der Waals surface area contributed by atoms with Crippen LogP contribution in [0.3, 0.4) is 0 Å². The molecule has 1 amide bonds. The van der Waals surface area contributed by atoms with E-state index >= 15 is 0 Å². The lowest BCUT2D eigenvalue weighted by Gasteiger charge is -2.25. The molecule has 9 heteroatoms. The van der Waals surface area contributed by atoms with Crippen molar-refractivity contribution in [2.75, 3.05) is 18.1 Å². The van der Waals surface area contributed by atoms with Gasteiger partial charge in [-0.25, -0.2) is 4.98 Å². The summed E-state index contributed by atoms with van der Waals surface area (Å²) in [6.07, 6.45) is 3.74. The summed E-state index contributed by atoms with van der Waals surface area (Å²) in [7, 11) is 0. The fourth-order valence-electron chi connectivity index (χ4n) is 3.47. The zero-order valence-corrected chi connectivity index (χ0v) is 16.8. The zero-order valence-electron chi connectivity index (χ0n) is 16.8. The van der Waals surface area contributed by atoms with E-state index in [0.29, 0.717) is 55.2 Å². The fraction of sp³-hybridized carbons (Fsp3) is 0.600.